The van der Waals surface area contributed by atoms with Gasteiger partial charge in [0.2, 0.25) is 10.0 Å². The van der Waals surface area contributed by atoms with Crippen molar-refractivity contribution in [2.75, 3.05) is 25.1 Å². The summed E-state index contributed by atoms with van der Waals surface area (Å²) in [4.78, 5) is 19.8. The Labute approximate surface area is 213 Å². The fraction of sp³-hybridized carbons (Fsp3) is 0.154. The number of hydrogen-bond acceptors (Lipinski definition) is 7. The lowest BCUT2D eigenvalue weighted by Crippen LogP contribution is -2.32. The van der Waals surface area contributed by atoms with Crippen LogP contribution in [0, 0.1) is 0 Å². The van der Waals surface area contributed by atoms with Crippen LogP contribution >= 0.6 is 11.3 Å². The number of carbonyl (C=O) groups excluding carboxylic acids is 1. The van der Waals surface area contributed by atoms with Gasteiger partial charge in [-0.15, -0.1) is 13.2 Å². The van der Waals surface area contributed by atoms with Crippen LogP contribution in [0.25, 0.3) is 10.2 Å². The molecule has 0 unspecified atom stereocenters. The van der Waals surface area contributed by atoms with Crippen molar-refractivity contribution in [1.29, 1.82) is 0 Å². The predicted molar refractivity (Wildman–Crippen MR) is 141 cm³/mol. The Hall–Kier alpha value is -3.73. The first-order chi connectivity index (χ1) is 17.4. The molecule has 0 atom stereocenters. The summed E-state index contributed by atoms with van der Waals surface area (Å²) in [5, 5.41) is 0.486. The second-order valence-electron chi connectivity index (χ2n) is 7.72. The summed E-state index contributed by atoms with van der Waals surface area (Å²) in [6, 6.07) is 14.9. The fourth-order valence-corrected chi connectivity index (χ4v) is 5.93. The highest BCUT2D eigenvalue weighted by Crippen LogP contribution is 2.33. The summed E-state index contributed by atoms with van der Waals surface area (Å²) in [6.45, 7) is 7.70. The average Bonchev–Trinajstić information content (AvgIpc) is 3.56. The summed E-state index contributed by atoms with van der Waals surface area (Å²) in [7, 11) is -2.19. The second-order valence-corrected chi connectivity index (χ2v) is 10.7. The molecule has 0 bridgehead atoms. The van der Waals surface area contributed by atoms with Crippen LogP contribution in [0.3, 0.4) is 0 Å². The molecular weight excluding hydrogens is 498 g/mol. The number of hydrogen-bond donors (Lipinski definition) is 0. The Bertz CT molecular complexity index is 1470. The van der Waals surface area contributed by atoms with Crippen LogP contribution in [-0.4, -0.2) is 43.8 Å². The third-order valence-electron chi connectivity index (χ3n) is 5.36. The zero-order chi connectivity index (χ0) is 25.7. The van der Waals surface area contributed by atoms with Crippen LogP contribution in [0.1, 0.15) is 16.1 Å². The lowest BCUT2D eigenvalue weighted by atomic mass is 10.2. The van der Waals surface area contributed by atoms with E-state index < -0.39 is 10.0 Å². The van der Waals surface area contributed by atoms with E-state index in [1.807, 2.05) is 18.2 Å². The zero-order valence-corrected chi connectivity index (χ0v) is 21.3. The molecule has 4 rings (SSSR count). The Balaban J connectivity index is 1.67. The van der Waals surface area contributed by atoms with Crippen molar-refractivity contribution < 1.29 is 22.4 Å². The maximum absolute atomic E-state index is 13.6. The number of rotatable bonds is 11. The van der Waals surface area contributed by atoms with Crippen molar-refractivity contribution in [3.05, 3.63) is 97.5 Å². The third-order valence-corrected chi connectivity index (χ3v) is 8.25. The van der Waals surface area contributed by atoms with Gasteiger partial charge in [-0.2, -0.15) is 4.31 Å². The molecule has 0 radical (unpaired) electrons. The quantitative estimate of drug-likeness (QED) is 0.254. The zero-order valence-electron chi connectivity index (χ0n) is 19.7. The number of aromatic nitrogens is 1. The molecule has 0 N–H and O–H groups in total. The minimum Gasteiger partial charge on any atom is -0.497 e. The Morgan fingerprint density at radius 3 is 2.44 bits per heavy atom. The smallest absolute Gasteiger partial charge is 0.260 e. The van der Waals surface area contributed by atoms with Crippen LogP contribution in [0.2, 0.25) is 0 Å². The number of anilines is 1. The highest BCUT2D eigenvalue weighted by atomic mass is 32.2. The molecule has 0 saturated carbocycles. The standard InChI is InChI=1S/C26H25N3O5S2/c1-4-14-28(15-5-2)36(31,32)22-11-8-19(9-12-22)25(30)29(18-21-7-6-16-34-21)26-27-23-13-10-20(33-3)17-24(23)35-26/h4-13,16-17H,1-2,14-15,18H2,3H3. The van der Waals surface area contributed by atoms with Crippen LogP contribution in [0.15, 0.2) is 95.5 Å². The minimum absolute atomic E-state index is 0.0763. The van der Waals surface area contributed by atoms with Gasteiger partial charge in [-0.3, -0.25) is 9.69 Å². The Kier molecular flexibility index (Phi) is 7.68. The fourth-order valence-electron chi connectivity index (χ4n) is 3.55. The second kappa shape index (κ2) is 10.9. The number of ether oxygens (including phenoxy) is 1. The number of methoxy groups -OCH3 is 1. The maximum atomic E-state index is 13.6. The van der Waals surface area contributed by atoms with Crippen LogP contribution in [0.4, 0.5) is 5.13 Å². The van der Waals surface area contributed by atoms with Gasteiger partial charge in [0, 0.05) is 18.7 Å². The molecule has 0 fully saturated rings. The highest BCUT2D eigenvalue weighted by Gasteiger charge is 2.26. The number of sulfonamides is 1. The number of thiazole rings is 1. The topological polar surface area (TPSA) is 93.0 Å². The van der Waals surface area contributed by atoms with Crippen molar-refractivity contribution >= 4 is 42.6 Å². The number of nitrogens with zero attached hydrogens (tertiary/aromatic N) is 3. The summed E-state index contributed by atoms with van der Waals surface area (Å²) in [5.41, 5.74) is 1.05. The molecule has 36 heavy (non-hydrogen) atoms. The van der Waals surface area contributed by atoms with Crippen molar-refractivity contribution in [3.8, 4) is 5.75 Å². The number of fused-ring (bicyclic) bond motifs is 1. The largest absolute Gasteiger partial charge is 0.497 e. The number of furan rings is 1. The molecule has 0 spiro atoms. The lowest BCUT2D eigenvalue weighted by Gasteiger charge is -2.20. The molecule has 10 heteroatoms. The number of amides is 1. The SMILES string of the molecule is C=CCN(CC=C)S(=O)(=O)c1ccc(C(=O)N(Cc2ccco2)c2nc3ccc(OC)cc3s2)cc1. The molecule has 0 aliphatic heterocycles. The van der Waals surface area contributed by atoms with Crippen LogP contribution in [-0.2, 0) is 16.6 Å². The lowest BCUT2D eigenvalue weighted by molar-refractivity contribution is 0.0983. The molecule has 1 amide bonds. The number of benzene rings is 2. The van der Waals surface area contributed by atoms with E-state index in [-0.39, 0.29) is 30.4 Å². The summed E-state index contributed by atoms with van der Waals surface area (Å²) in [6.07, 6.45) is 4.57. The molecule has 2 aromatic carbocycles. The van der Waals surface area contributed by atoms with E-state index >= 15 is 0 Å². The van der Waals surface area contributed by atoms with Crippen molar-refractivity contribution in [2.24, 2.45) is 0 Å². The first kappa shape index (κ1) is 25.4. The molecule has 0 aliphatic rings. The van der Waals surface area contributed by atoms with Crippen molar-refractivity contribution in [2.45, 2.75) is 11.4 Å². The van der Waals surface area contributed by atoms with Gasteiger partial charge in [-0.1, -0.05) is 23.5 Å². The Morgan fingerprint density at radius 2 is 1.83 bits per heavy atom. The van der Waals surface area contributed by atoms with E-state index in [0.29, 0.717) is 22.2 Å². The molecular formula is C26H25N3O5S2. The highest BCUT2D eigenvalue weighted by molar-refractivity contribution is 7.89. The van der Waals surface area contributed by atoms with Gasteiger partial charge in [0.05, 0.1) is 35.0 Å². The van der Waals surface area contributed by atoms with Gasteiger partial charge >= 0.3 is 0 Å². The maximum Gasteiger partial charge on any atom is 0.260 e. The van der Waals surface area contributed by atoms with E-state index in [0.717, 1.165) is 10.2 Å². The van der Waals surface area contributed by atoms with Gasteiger partial charge < -0.3 is 9.15 Å². The van der Waals surface area contributed by atoms with Gasteiger partial charge in [0.15, 0.2) is 5.13 Å². The molecule has 0 saturated heterocycles. The molecule has 186 valence electrons. The van der Waals surface area contributed by atoms with E-state index in [9.17, 15) is 13.2 Å². The molecule has 4 aromatic rings. The monoisotopic (exact) mass is 523 g/mol. The molecule has 8 nitrogen and oxygen atoms in total. The average molecular weight is 524 g/mol. The van der Waals surface area contributed by atoms with Gasteiger partial charge in [-0.25, -0.2) is 13.4 Å². The van der Waals surface area contributed by atoms with Gasteiger partial charge in [0.1, 0.15) is 11.5 Å². The number of carbonyl (C=O) groups is 1. The van der Waals surface area contributed by atoms with Crippen LogP contribution < -0.4 is 9.64 Å². The summed E-state index contributed by atoms with van der Waals surface area (Å²) >= 11 is 1.35. The van der Waals surface area contributed by atoms with Gasteiger partial charge in [0.25, 0.3) is 5.91 Å². The predicted octanol–water partition coefficient (Wildman–Crippen LogP) is 5.11. The summed E-state index contributed by atoms with van der Waals surface area (Å²) < 4.78 is 38.9. The van der Waals surface area contributed by atoms with Crippen LogP contribution in [0.5, 0.6) is 5.75 Å². The van der Waals surface area contributed by atoms with Gasteiger partial charge in [-0.05, 0) is 54.6 Å². The summed E-state index contributed by atoms with van der Waals surface area (Å²) in [5.74, 6) is 0.944. The van der Waals surface area contributed by atoms with Crippen molar-refractivity contribution in [3.63, 3.8) is 0 Å². The molecule has 2 aromatic heterocycles. The van der Waals surface area contributed by atoms with E-state index in [1.54, 1.807) is 25.5 Å². The third kappa shape index (κ3) is 5.25. The first-order valence-corrected chi connectivity index (χ1v) is 13.2. The van der Waals surface area contributed by atoms with Crippen molar-refractivity contribution in [1.82, 2.24) is 9.29 Å². The normalized spacial score (nSPS) is 11.5. The molecule has 0 aliphatic carbocycles. The van der Waals surface area contributed by atoms with E-state index in [2.05, 4.69) is 18.1 Å². The Morgan fingerprint density at radius 1 is 1.11 bits per heavy atom. The van der Waals surface area contributed by atoms with E-state index in [4.69, 9.17) is 9.15 Å². The van der Waals surface area contributed by atoms with E-state index in [1.165, 1.54) is 57.0 Å². The minimum atomic E-state index is -3.78. The first-order valence-electron chi connectivity index (χ1n) is 11.0. The molecule has 2 heterocycles.